The molecule has 0 heterocycles. The molecule has 0 radical (unpaired) electrons. The number of aryl methyl sites for hydroxylation is 2. The second-order valence-corrected chi connectivity index (χ2v) is 3.79. The lowest BCUT2D eigenvalue weighted by atomic mass is 9.98. The fourth-order valence-corrected chi connectivity index (χ4v) is 1.60. The fraction of sp³-hybridized carbons (Fsp3) is 0.455. The Kier molecular flexibility index (Phi) is 3.39. The average Bonchev–Trinajstić information content (AvgIpc) is 1.99. The third-order valence-electron chi connectivity index (χ3n) is 2.28. The number of hydrogen-bond donors (Lipinski definition) is 1. The molecule has 0 amide bonds. The lowest BCUT2D eigenvalue weighted by Gasteiger charge is -2.16. The monoisotopic (exact) mass is 217 g/mol. The van der Waals surface area contributed by atoms with E-state index in [1.54, 1.807) is 19.1 Å². The number of nitrogens with two attached hydrogens (primary N) is 1. The van der Waals surface area contributed by atoms with Crippen LogP contribution in [0.5, 0.6) is 0 Å². The minimum Gasteiger partial charge on any atom is -0.324 e. The van der Waals surface area contributed by atoms with Gasteiger partial charge in [0, 0.05) is 6.04 Å². The number of benzene rings is 1. The second kappa shape index (κ2) is 4.23. The van der Waals surface area contributed by atoms with Crippen LogP contribution < -0.4 is 5.73 Å². The summed E-state index contributed by atoms with van der Waals surface area (Å²) in [5, 5.41) is 0. The normalized spacial score (nSPS) is 14.0. The lowest BCUT2D eigenvalue weighted by molar-refractivity contribution is -0.138. The van der Waals surface area contributed by atoms with Gasteiger partial charge in [0.25, 0.3) is 0 Å². The Morgan fingerprint density at radius 3 is 2.33 bits per heavy atom. The van der Waals surface area contributed by atoms with Crippen LogP contribution in [0.3, 0.4) is 0 Å². The predicted octanol–water partition coefficient (Wildman–Crippen LogP) is 3.26. The molecule has 0 spiro atoms. The van der Waals surface area contributed by atoms with Crippen molar-refractivity contribution >= 4 is 0 Å². The third kappa shape index (κ3) is 3.55. The summed E-state index contributed by atoms with van der Waals surface area (Å²) in [5.74, 6) is 0. The Labute approximate surface area is 87.1 Å². The highest BCUT2D eigenvalue weighted by molar-refractivity contribution is 5.32. The zero-order valence-corrected chi connectivity index (χ0v) is 8.73. The maximum Gasteiger partial charge on any atom is 0.390 e. The van der Waals surface area contributed by atoms with Gasteiger partial charge in [0.15, 0.2) is 0 Å². The molecule has 1 nitrogen and oxygen atoms in total. The van der Waals surface area contributed by atoms with E-state index in [2.05, 4.69) is 0 Å². The summed E-state index contributed by atoms with van der Waals surface area (Å²) in [7, 11) is 0. The Morgan fingerprint density at radius 2 is 1.87 bits per heavy atom. The molecule has 0 aromatic heterocycles. The van der Waals surface area contributed by atoms with E-state index in [1.807, 2.05) is 13.0 Å². The van der Waals surface area contributed by atoms with Gasteiger partial charge in [-0.25, -0.2) is 0 Å². The first-order valence-electron chi connectivity index (χ1n) is 4.69. The van der Waals surface area contributed by atoms with Gasteiger partial charge in [0.1, 0.15) is 0 Å². The van der Waals surface area contributed by atoms with Crippen LogP contribution in [0, 0.1) is 13.8 Å². The highest BCUT2D eigenvalue weighted by Gasteiger charge is 2.31. The van der Waals surface area contributed by atoms with Gasteiger partial charge in [-0.3, -0.25) is 0 Å². The summed E-state index contributed by atoms with van der Waals surface area (Å²) < 4.78 is 36.4. The van der Waals surface area contributed by atoms with E-state index in [0.717, 1.165) is 11.1 Å². The summed E-state index contributed by atoms with van der Waals surface area (Å²) in [6.07, 6.45) is -5.19. The van der Waals surface area contributed by atoms with Crippen molar-refractivity contribution in [3.63, 3.8) is 0 Å². The zero-order valence-electron chi connectivity index (χ0n) is 8.73. The standard InChI is InChI=1S/C11H14F3N/c1-7-3-4-9(8(2)5-7)10(15)6-11(12,13)14/h3-5,10H,6,15H2,1-2H3/t10-/m0/s1. The van der Waals surface area contributed by atoms with Crippen molar-refractivity contribution in [1.82, 2.24) is 0 Å². The molecule has 0 aliphatic carbocycles. The molecule has 0 fully saturated rings. The van der Waals surface area contributed by atoms with E-state index in [0.29, 0.717) is 5.56 Å². The average molecular weight is 217 g/mol. The predicted molar refractivity (Wildman–Crippen MR) is 53.5 cm³/mol. The summed E-state index contributed by atoms with van der Waals surface area (Å²) in [5.41, 5.74) is 7.91. The highest BCUT2D eigenvalue weighted by Crippen LogP contribution is 2.29. The van der Waals surface area contributed by atoms with Crippen LogP contribution in [0.25, 0.3) is 0 Å². The Balaban J connectivity index is 2.87. The molecule has 0 saturated heterocycles. The Hall–Kier alpha value is -1.03. The Bertz CT molecular complexity index is 344. The van der Waals surface area contributed by atoms with E-state index in [9.17, 15) is 13.2 Å². The van der Waals surface area contributed by atoms with Crippen molar-refractivity contribution in [2.24, 2.45) is 5.73 Å². The third-order valence-corrected chi connectivity index (χ3v) is 2.28. The van der Waals surface area contributed by atoms with Crippen LogP contribution >= 0.6 is 0 Å². The van der Waals surface area contributed by atoms with Gasteiger partial charge in [-0.05, 0) is 25.0 Å². The van der Waals surface area contributed by atoms with Crippen LogP contribution in [0.4, 0.5) is 13.2 Å². The van der Waals surface area contributed by atoms with E-state index in [-0.39, 0.29) is 0 Å². The van der Waals surface area contributed by atoms with Crippen molar-refractivity contribution in [2.45, 2.75) is 32.5 Å². The SMILES string of the molecule is Cc1ccc([C@@H](N)CC(F)(F)F)c(C)c1. The molecule has 4 heteroatoms. The molecule has 0 saturated carbocycles. The van der Waals surface area contributed by atoms with E-state index in [4.69, 9.17) is 5.73 Å². The molecule has 1 rings (SSSR count). The smallest absolute Gasteiger partial charge is 0.324 e. The first kappa shape index (κ1) is 12.0. The molecule has 15 heavy (non-hydrogen) atoms. The van der Waals surface area contributed by atoms with Crippen LogP contribution in [0.15, 0.2) is 18.2 Å². The maximum atomic E-state index is 12.1. The summed E-state index contributed by atoms with van der Waals surface area (Å²) >= 11 is 0. The topological polar surface area (TPSA) is 26.0 Å². The van der Waals surface area contributed by atoms with Crippen LogP contribution in [-0.2, 0) is 0 Å². The fourth-order valence-electron chi connectivity index (χ4n) is 1.60. The minimum absolute atomic E-state index is 0.568. The highest BCUT2D eigenvalue weighted by atomic mass is 19.4. The van der Waals surface area contributed by atoms with Crippen molar-refractivity contribution in [2.75, 3.05) is 0 Å². The number of halogens is 3. The summed E-state index contributed by atoms with van der Waals surface area (Å²) in [6.45, 7) is 3.67. The van der Waals surface area contributed by atoms with Crippen molar-refractivity contribution < 1.29 is 13.2 Å². The first-order valence-corrected chi connectivity index (χ1v) is 4.69. The van der Waals surface area contributed by atoms with Gasteiger partial charge in [-0.1, -0.05) is 23.8 Å². The van der Waals surface area contributed by atoms with E-state index in [1.165, 1.54) is 0 Å². The van der Waals surface area contributed by atoms with Gasteiger partial charge >= 0.3 is 6.18 Å². The summed E-state index contributed by atoms with van der Waals surface area (Å²) in [6, 6.07) is 4.32. The number of alkyl halides is 3. The minimum atomic E-state index is -4.21. The van der Waals surface area contributed by atoms with Gasteiger partial charge < -0.3 is 5.73 Å². The maximum absolute atomic E-state index is 12.1. The molecule has 84 valence electrons. The van der Waals surface area contributed by atoms with Gasteiger partial charge in [-0.15, -0.1) is 0 Å². The largest absolute Gasteiger partial charge is 0.390 e. The van der Waals surface area contributed by atoms with Crippen molar-refractivity contribution in [3.8, 4) is 0 Å². The Morgan fingerprint density at radius 1 is 1.27 bits per heavy atom. The van der Waals surface area contributed by atoms with Gasteiger partial charge in [-0.2, -0.15) is 13.2 Å². The molecule has 0 aliphatic heterocycles. The molecule has 0 aliphatic rings. The molecule has 0 unspecified atom stereocenters. The second-order valence-electron chi connectivity index (χ2n) is 3.79. The molecule has 1 atom stereocenters. The number of rotatable bonds is 2. The van der Waals surface area contributed by atoms with Crippen molar-refractivity contribution in [1.29, 1.82) is 0 Å². The summed E-state index contributed by atoms with van der Waals surface area (Å²) in [4.78, 5) is 0. The zero-order chi connectivity index (χ0) is 11.6. The van der Waals surface area contributed by atoms with Gasteiger partial charge in [0.2, 0.25) is 0 Å². The molecular formula is C11H14F3N. The van der Waals surface area contributed by atoms with Crippen LogP contribution in [0.1, 0.15) is 29.2 Å². The number of hydrogen-bond acceptors (Lipinski definition) is 1. The van der Waals surface area contributed by atoms with Gasteiger partial charge in [0.05, 0.1) is 6.42 Å². The van der Waals surface area contributed by atoms with Crippen molar-refractivity contribution in [3.05, 3.63) is 34.9 Å². The molecule has 1 aromatic rings. The lowest BCUT2D eigenvalue weighted by Crippen LogP contribution is -2.20. The first-order chi connectivity index (χ1) is 6.79. The van der Waals surface area contributed by atoms with E-state index >= 15 is 0 Å². The van der Waals surface area contributed by atoms with E-state index < -0.39 is 18.6 Å². The molecule has 2 N–H and O–H groups in total. The molecule has 0 bridgehead atoms. The van der Waals surface area contributed by atoms with Crippen LogP contribution in [0.2, 0.25) is 0 Å². The molecule has 1 aromatic carbocycles. The molecular weight excluding hydrogens is 203 g/mol. The van der Waals surface area contributed by atoms with Crippen LogP contribution in [-0.4, -0.2) is 6.18 Å². The quantitative estimate of drug-likeness (QED) is 0.808.